The fourth-order valence-corrected chi connectivity index (χ4v) is 2.65. The highest BCUT2D eigenvalue weighted by molar-refractivity contribution is 6.30. The van der Waals surface area contributed by atoms with Gasteiger partial charge in [-0.1, -0.05) is 23.7 Å². The van der Waals surface area contributed by atoms with Gasteiger partial charge in [-0.25, -0.2) is 9.97 Å². The van der Waals surface area contributed by atoms with E-state index >= 15 is 0 Å². The average Bonchev–Trinajstić information content (AvgIpc) is 2.85. The minimum Gasteiger partial charge on any atom is -0.474 e. The van der Waals surface area contributed by atoms with Gasteiger partial charge in [0.05, 0.1) is 12.2 Å². The number of nitrogens with zero attached hydrogens (tertiary/aromatic N) is 2. The van der Waals surface area contributed by atoms with Gasteiger partial charge < -0.3 is 14.6 Å². The van der Waals surface area contributed by atoms with Gasteiger partial charge in [0.15, 0.2) is 0 Å². The van der Waals surface area contributed by atoms with Gasteiger partial charge in [-0.05, 0) is 37.0 Å². The van der Waals surface area contributed by atoms with E-state index in [1.807, 2.05) is 24.3 Å². The third-order valence-electron chi connectivity index (χ3n) is 3.82. The zero-order chi connectivity index (χ0) is 16.2. The lowest BCUT2D eigenvalue weighted by Crippen LogP contribution is -2.14. The fourth-order valence-electron chi connectivity index (χ4n) is 2.52. The van der Waals surface area contributed by atoms with Crippen LogP contribution in [0.1, 0.15) is 18.4 Å². The smallest absolute Gasteiger partial charge is 0.220 e. The average molecular weight is 334 g/mol. The highest BCUT2D eigenvalue weighted by Crippen LogP contribution is 2.29. The van der Waals surface area contributed by atoms with Crippen molar-refractivity contribution in [3.8, 4) is 11.8 Å². The summed E-state index contributed by atoms with van der Waals surface area (Å²) in [5.41, 5.74) is 0.995. The topological polar surface area (TPSA) is 64.5 Å². The number of ether oxygens (including phenoxy) is 2. The van der Waals surface area contributed by atoms with E-state index in [4.69, 9.17) is 21.1 Å². The van der Waals surface area contributed by atoms with E-state index in [9.17, 15) is 5.11 Å². The predicted molar refractivity (Wildman–Crippen MR) is 86.3 cm³/mol. The van der Waals surface area contributed by atoms with Crippen LogP contribution in [0.2, 0.25) is 5.02 Å². The molecule has 121 valence electrons. The van der Waals surface area contributed by atoms with Crippen molar-refractivity contribution < 1.29 is 14.6 Å². The molecule has 1 fully saturated rings. The van der Waals surface area contributed by atoms with E-state index in [2.05, 4.69) is 16.9 Å². The van der Waals surface area contributed by atoms with Crippen LogP contribution in [-0.4, -0.2) is 27.3 Å². The molecule has 0 spiro atoms. The molecule has 6 heteroatoms. The van der Waals surface area contributed by atoms with Crippen LogP contribution in [-0.2, 0) is 6.61 Å². The van der Waals surface area contributed by atoms with Gasteiger partial charge in [-0.3, -0.25) is 0 Å². The Balaban J connectivity index is 1.58. The predicted octanol–water partition coefficient (Wildman–Crippen LogP) is 3.06. The minimum absolute atomic E-state index is 0.00228. The Labute approximate surface area is 140 Å². The molecular weight excluding hydrogens is 316 g/mol. The number of rotatable bonds is 5. The molecule has 1 N–H and O–H groups in total. The van der Waals surface area contributed by atoms with Crippen LogP contribution in [0, 0.1) is 12.8 Å². The van der Waals surface area contributed by atoms with Crippen LogP contribution in [0.25, 0.3) is 0 Å². The van der Waals surface area contributed by atoms with Crippen LogP contribution in [0.4, 0.5) is 0 Å². The van der Waals surface area contributed by atoms with Crippen LogP contribution in [0.3, 0.4) is 0 Å². The van der Waals surface area contributed by atoms with E-state index in [-0.39, 0.29) is 12.0 Å². The zero-order valence-corrected chi connectivity index (χ0v) is 13.3. The van der Waals surface area contributed by atoms with Crippen molar-refractivity contribution in [3.05, 3.63) is 54.2 Å². The molecule has 0 amide bonds. The minimum atomic E-state index is -0.414. The molecule has 1 aliphatic carbocycles. The number of hydrogen-bond acceptors (Lipinski definition) is 5. The van der Waals surface area contributed by atoms with Crippen LogP contribution in [0.5, 0.6) is 11.8 Å². The first-order chi connectivity index (χ1) is 11.1. The SMILES string of the molecule is [CH2][C@H]1C[C@@H](Oc2cc(OCc3ccc(Cl)cc3)ncn2)C[C@@H]1O. The molecule has 0 unspecified atom stereocenters. The van der Waals surface area contributed by atoms with Crippen molar-refractivity contribution in [2.45, 2.75) is 31.7 Å². The van der Waals surface area contributed by atoms with Gasteiger partial charge in [0.25, 0.3) is 0 Å². The van der Waals surface area contributed by atoms with E-state index in [0.717, 1.165) is 5.56 Å². The molecule has 1 aromatic carbocycles. The third kappa shape index (κ3) is 4.33. The molecule has 5 nitrogen and oxygen atoms in total. The summed E-state index contributed by atoms with van der Waals surface area (Å²) in [6.07, 6.45) is 2.19. The van der Waals surface area contributed by atoms with Crippen molar-refractivity contribution in [2.75, 3.05) is 0 Å². The van der Waals surface area contributed by atoms with Gasteiger partial charge >= 0.3 is 0 Å². The summed E-state index contributed by atoms with van der Waals surface area (Å²) in [6.45, 7) is 4.29. The zero-order valence-electron chi connectivity index (χ0n) is 12.6. The van der Waals surface area contributed by atoms with E-state index in [0.29, 0.717) is 36.2 Å². The Bertz CT molecular complexity index is 641. The van der Waals surface area contributed by atoms with Gasteiger partial charge in [0, 0.05) is 11.4 Å². The number of aromatic nitrogens is 2. The molecular formula is C17H18ClN2O3. The fraction of sp³-hybridized carbons (Fsp3) is 0.353. The van der Waals surface area contributed by atoms with E-state index < -0.39 is 6.10 Å². The second kappa shape index (κ2) is 7.15. The number of benzene rings is 1. The van der Waals surface area contributed by atoms with Gasteiger partial charge in [0.1, 0.15) is 19.0 Å². The maximum absolute atomic E-state index is 9.72. The summed E-state index contributed by atoms with van der Waals surface area (Å²) in [5.74, 6) is 0.884. The maximum atomic E-state index is 9.72. The monoisotopic (exact) mass is 333 g/mol. The Kier molecular flexibility index (Phi) is 4.98. The third-order valence-corrected chi connectivity index (χ3v) is 4.07. The number of aliphatic hydroxyl groups is 1. The van der Waals surface area contributed by atoms with E-state index in [1.165, 1.54) is 6.33 Å². The largest absolute Gasteiger partial charge is 0.474 e. The lowest BCUT2D eigenvalue weighted by Gasteiger charge is -2.13. The maximum Gasteiger partial charge on any atom is 0.220 e. The van der Waals surface area contributed by atoms with Crippen molar-refractivity contribution in [1.29, 1.82) is 0 Å². The lowest BCUT2D eigenvalue weighted by atomic mass is 10.1. The van der Waals surface area contributed by atoms with Gasteiger partial charge in [-0.2, -0.15) is 0 Å². The Morgan fingerprint density at radius 2 is 1.91 bits per heavy atom. The summed E-state index contributed by atoms with van der Waals surface area (Å²) < 4.78 is 11.4. The van der Waals surface area contributed by atoms with Gasteiger partial charge in [0.2, 0.25) is 11.8 Å². The molecule has 23 heavy (non-hydrogen) atoms. The molecule has 1 heterocycles. The first kappa shape index (κ1) is 16.0. The van der Waals surface area contributed by atoms with E-state index in [1.54, 1.807) is 6.07 Å². The molecule has 3 atom stereocenters. The Morgan fingerprint density at radius 3 is 2.61 bits per heavy atom. The standard InChI is InChI=1S/C17H18ClN2O3/c1-11-6-14(7-15(11)21)23-17-8-16(19-10-20-17)22-9-12-2-4-13(18)5-3-12/h2-5,8,10-11,14-15,21H,1,6-7,9H2/t11-,14+,15-/m0/s1. The number of aliphatic hydroxyl groups excluding tert-OH is 1. The summed E-state index contributed by atoms with van der Waals surface area (Å²) in [4.78, 5) is 8.16. The van der Waals surface area contributed by atoms with Crippen LogP contribution < -0.4 is 9.47 Å². The number of halogens is 1. The highest BCUT2D eigenvalue weighted by Gasteiger charge is 2.31. The Morgan fingerprint density at radius 1 is 1.17 bits per heavy atom. The van der Waals surface area contributed by atoms with Crippen molar-refractivity contribution in [1.82, 2.24) is 9.97 Å². The van der Waals surface area contributed by atoms with Crippen molar-refractivity contribution in [2.24, 2.45) is 5.92 Å². The molecule has 2 aromatic rings. The summed E-state index contributed by atoms with van der Waals surface area (Å²) in [7, 11) is 0. The number of hydrogen-bond donors (Lipinski definition) is 1. The second-order valence-corrected chi connectivity index (χ2v) is 6.08. The van der Waals surface area contributed by atoms with Crippen LogP contribution in [0.15, 0.2) is 36.7 Å². The summed E-state index contributed by atoms with van der Waals surface area (Å²) >= 11 is 5.85. The molecule has 0 saturated heterocycles. The van der Waals surface area contributed by atoms with Crippen molar-refractivity contribution in [3.63, 3.8) is 0 Å². The first-order valence-electron chi connectivity index (χ1n) is 7.47. The summed E-state index contributed by atoms with van der Waals surface area (Å²) in [5, 5.41) is 10.4. The van der Waals surface area contributed by atoms with Crippen molar-refractivity contribution >= 4 is 11.6 Å². The molecule has 0 bridgehead atoms. The Hall–Kier alpha value is -1.85. The normalized spacial score (nSPS) is 23.7. The summed E-state index contributed by atoms with van der Waals surface area (Å²) in [6, 6.07) is 9.08. The lowest BCUT2D eigenvalue weighted by molar-refractivity contribution is 0.134. The molecule has 1 saturated carbocycles. The molecule has 1 aliphatic rings. The first-order valence-corrected chi connectivity index (χ1v) is 7.85. The molecule has 0 aliphatic heterocycles. The second-order valence-electron chi connectivity index (χ2n) is 5.65. The van der Waals surface area contributed by atoms with Crippen LogP contribution >= 0.6 is 11.6 Å². The molecule has 3 rings (SSSR count). The molecule has 1 aromatic heterocycles. The quantitative estimate of drug-likeness (QED) is 0.911. The highest BCUT2D eigenvalue weighted by atomic mass is 35.5. The van der Waals surface area contributed by atoms with Gasteiger partial charge in [-0.15, -0.1) is 0 Å². The molecule has 1 radical (unpaired) electrons.